The monoisotopic (exact) mass is 227 g/mol. The largest absolute Gasteiger partial charge is 0.349 e. The quantitative estimate of drug-likeness (QED) is 0.762. The molecule has 0 fully saturated rings. The number of rotatable bonds is 6. The number of nitrogens with one attached hydrogen (secondary N) is 2. The van der Waals surface area contributed by atoms with Crippen LogP contribution in [0.15, 0.2) is 11.6 Å². The van der Waals surface area contributed by atoms with Crippen molar-refractivity contribution in [1.29, 1.82) is 0 Å². The van der Waals surface area contributed by atoms with Crippen molar-refractivity contribution in [3.63, 3.8) is 0 Å². The van der Waals surface area contributed by atoms with E-state index < -0.39 is 0 Å². The first-order chi connectivity index (χ1) is 7.24. The second kappa shape index (κ2) is 6.53. The third-order valence-corrected chi connectivity index (χ3v) is 2.83. The standard InChI is InChI=1S/C10H17N3OS/c1-3-11-6-8(2)10(14)13-7-9-12-4-5-15-9/h4-5,8,11H,3,6-7H2,1-2H3,(H,13,14). The summed E-state index contributed by atoms with van der Waals surface area (Å²) in [6.45, 7) is 6.09. The number of aromatic nitrogens is 1. The summed E-state index contributed by atoms with van der Waals surface area (Å²) in [4.78, 5) is 15.7. The highest BCUT2D eigenvalue weighted by atomic mass is 32.1. The Kier molecular flexibility index (Phi) is 5.28. The van der Waals surface area contributed by atoms with Gasteiger partial charge in [-0.1, -0.05) is 13.8 Å². The number of carbonyl (C=O) groups excluding carboxylic acids is 1. The van der Waals surface area contributed by atoms with E-state index in [1.54, 1.807) is 17.5 Å². The molecule has 0 aliphatic rings. The minimum Gasteiger partial charge on any atom is -0.349 e. The minimum atomic E-state index is 0.00455. The van der Waals surface area contributed by atoms with E-state index in [1.807, 2.05) is 19.2 Å². The van der Waals surface area contributed by atoms with Gasteiger partial charge < -0.3 is 10.6 Å². The molecule has 5 heteroatoms. The molecule has 0 saturated carbocycles. The second-order valence-corrected chi connectivity index (χ2v) is 4.33. The number of hydrogen-bond acceptors (Lipinski definition) is 4. The highest BCUT2D eigenvalue weighted by Crippen LogP contribution is 2.03. The van der Waals surface area contributed by atoms with Crippen LogP contribution in [0.25, 0.3) is 0 Å². The van der Waals surface area contributed by atoms with Crippen molar-refractivity contribution in [2.45, 2.75) is 20.4 Å². The van der Waals surface area contributed by atoms with Crippen LogP contribution >= 0.6 is 11.3 Å². The molecule has 1 unspecified atom stereocenters. The molecular formula is C10H17N3OS. The summed E-state index contributed by atoms with van der Waals surface area (Å²) in [6, 6.07) is 0. The van der Waals surface area contributed by atoms with Crippen molar-refractivity contribution in [2.24, 2.45) is 5.92 Å². The van der Waals surface area contributed by atoms with Gasteiger partial charge in [-0.25, -0.2) is 4.98 Å². The van der Waals surface area contributed by atoms with Crippen molar-refractivity contribution < 1.29 is 4.79 Å². The maximum Gasteiger partial charge on any atom is 0.224 e. The van der Waals surface area contributed by atoms with E-state index in [4.69, 9.17) is 0 Å². The molecular weight excluding hydrogens is 210 g/mol. The molecule has 0 aliphatic carbocycles. The van der Waals surface area contributed by atoms with Gasteiger partial charge in [0.25, 0.3) is 0 Å². The third-order valence-electron chi connectivity index (χ3n) is 2.05. The molecule has 2 N–H and O–H groups in total. The van der Waals surface area contributed by atoms with Gasteiger partial charge >= 0.3 is 0 Å². The van der Waals surface area contributed by atoms with Crippen molar-refractivity contribution >= 4 is 17.2 Å². The Morgan fingerprint density at radius 2 is 2.47 bits per heavy atom. The van der Waals surface area contributed by atoms with E-state index in [-0.39, 0.29) is 11.8 Å². The van der Waals surface area contributed by atoms with Gasteiger partial charge in [0.1, 0.15) is 5.01 Å². The Labute approximate surface area is 94.1 Å². The summed E-state index contributed by atoms with van der Waals surface area (Å²) in [7, 11) is 0. The average Bonchev–Trinajstić information content (AvgIpc) is 2.75. The zero-order chi connectivity index (χ0) is 11.1. The fourth-order valence-corrected chi connectivity index (χ4v) is 1.69. The van der Waals surface area contributed by atoms with Gasteiger partial charge in [-0.3, -0.25) is 4.79 Å². The predicted octanol–water partition coefficient (Wildman–Crippen LogP) is 1.00. The number of thiazole rings is 1. The van der Waals surface area contributed by atoms with Crippen LogP contribution in [-0.4, -0.2) is 24.0 Å². The first kappa shape index (κ1) is 12.1. The lowest BCUT2D eigenvalue weighted by Crippen LogP contribution is -2.34. The van der Waals surface area contributed by atoms with Crippen LogP contribution in [0.5, 0.6) is 0 Å². The summed E-state index contributed by atoms with van der Waals surface area (Å²) in [6.07, 6.45) is 1.74. The molecule has 15 heavy (non-hydrogen) atoms. The maximum atomic E-state index is 11.6. The van der Waals surface area contributed by atoms with E-state index in [0.717, 1.165) is 18.1 Å². The molecule has 84 valence electrons. The SMILES string of the molecule is CCNCC(C)C(=O)NCc1nccs1. The molecule has 0 aliphatic heterocycles. The van der Waals surface area contributed by atoms with E-state index in [1.165, 1.54) is 0 Å². The number of hydrogen-bond donors (Lipinski definition) is 2. The molecule has 0 aromatic carbocycles. The fraction of sp³-hybridized carbons (Fsp3) is 0.600. The van der Waals surface area contributed by atoms with Gasteiger partial charge in [0.2, 0.25) is 5.91 Å². The van der Waals surface area contributed by atoms with Crippen LogP contribution in [-0.2, 0) is 11.3 Å². The van der Waals surface area contributed by atoms with E-state index >= 15 is 0 Å². The molecule has 0 spiro atoms. The van der Waals surface area contributed by atoms with Crippen LogP contribution in [0.4, 0.5) is 0 Å². The Hall–Kier alpha value is -0.940. The lowest BCUT2D eigenvalue weighted by molar-refractivity contribution is -0.124. The molecule has 1 aromatic rings. The van der Waals surface area contributed by atoms with Gasteiger partial charge in [0, 0.05) is 24.0 Å². The molecule has 1 heterocycles. The molecule has 0 bridgehead atoms. The van der Waals surface area contributed by atoms with Gasteiger partial charge in [0.15, 0.2) is 0 Å². The zero-order valence-electron chi connectivity index (χ0n) is 9.12. The first-order valence-electron chi connectivity index (χ1n) is 5.10. The lowest BCUT2D eigenvalue weighted by Gasteiger charge is -2.11. The Balaban J connectivity index is 2.23. The third kappa shape index (κ3) is 4.40. The van der Waals surface area contributed by atoms with Crippen LogP contribution in [0.1, 0.15) is 18.9 Å². The lowest BCUT2D eigenvalue weighted by atomic mass is 10.1. The smallest absolute Gasteiger partial charge is 0.224 e. The van der Waals surface area contributed by atoms with Gasteiger partial charge in [-0.05, 0) is 6.54 Å². The number of amides is 1. The zero-order valence-corrected chi connectivity index (χ0v) is 9.93. The van der Waals surface area contributed by atoms with Crippen LogP contribution < -0.4 is 10.6 Å². The molecule has 1 aromatic heterocycles. The van der Waals surface area contributed by atoms with E-state index in [0.29, 0.717) is 6.54 Å². The molecule has 4 nitrogen and oxygen atoms in total. The van der Waals surface area contributed by atoms with Gasteiger partial charge in [-0.15, -0.1) is 11.3 Å². The Morgan fingerprint density at radius 3 is 3.07 bits per heavy atom. The van der Waals surface area contributed by atoms with Crippen molar-refractivity contribution in [3.05, 3.63) is 16.6 Å². The summed E-state index contributed by atoms with van der Waals surface area (Å²) >= 11 is 1.55. The highest BCUT2D eigenvalue weighted by Gasteiger charge is 2.11. The minimum absolute atomic E-state index is 0.00455. The summed E-state index contributed by atoms with van der Waals surface area (Å²) < 4.78 is 0. The maximum absolute atomic E-state index is 11.6. The predicted molar refractivity (Wildman–Crippen MR) is 61.7 cm³/mol. The Morgan fingerprint density at radius 1 is 1.67 bits per heavy atom. The van der Waals surface area contributed by atoms with Crippen LogP contribution in [0.3, 0.4) is 0 Å². The number of nitrogens with zero attached hydrogens (tertiary/aromatic N) is 1. The van der Waals surface area contributed by atoms with Crippen LogP contribution in [0, 0.1) is 5.92 Å². The fourth-order valence-electron chi connectivity index (χ4n) is 1.13. The van der Waals surface area contributed by atoms with Crippen molar-refractivity contribution in [1.82, 2.24) is 15.6 Å². The summed E-state index contributed by atoms with van der Waals surface area (Å²) in [5, 5.41) is 8.86. The molecule has 0 saturated heterocycles. The average molecular weight is 227 g/mol. The first-order valence-corrected chi connectivity index (χ1v) is 5.98. The van der Waals surface area contributed by atoms with Crippen molar-refractivity contribution in [2.75, 3.05) is 13.1 Å². The van der Waals surface area contributed by atoms with Gasteiger partial charge in [-0.2, -0.15) is 0 Å². The Bertz CT molecular complexity index is 287. The topological polar surface area (TPSA) is 54.0 Å². The van der Waals surface area contributed by atoms with E-state index in [9.17, 15) is 4.79 Å². The number of carbonyl (C=O) groups is 1. The van der Waals surface area contributed by atoms with Crippen molar-refractivity contribution in [3.8, 4) is 0 Å². The second-order valence-electron chi connectivity index (χ2n) is 3.35. The highest BCUT2D eigenvalue weighted by molar-refractivity contribution is 7.09. The summed E-state index contributed by atoms with van der Waals surface area (Å²) in [5.41, 5.74) is 0. The molecule has 1 amide bonds. The van der Waals surface area contributed by atoms with Gasteiger partial charge in [0.05, 0.1) is 6.54 Å². The van der Waals surface area contributed by atoms with Crippen LogP contribution in [0.2, 0.25) is 0 Å². The molecule has 0 radical (unpaired) electrons. The van der Waals surface area contributed by atoms with E-state index in [2.05, 4.69) is 15.6 Å². The summed E-state index contributed by atoms with van der Waals surface area (Å²) in [5.74, 6) is 0.0797. The molecule has 1 rings (SSSR count). The molecule has 1 atom stereocenters. The normalized spacial score (nSPS) is 12.4.